The average molecular weight is 300 g/mol. The van der Waals surface area contributed by atoms with Gasteiger partial charge in [-0.3, -0.25) is 14.8 Å². The van der Waals surface area contributed by atoms with Crippen molar-refractivity contribution in [1.29, 1.82) is 0 Å². The Morgan fingerprint density at radius 1 is 1.27 bits per heavy atom. The maximum absolute atomic E-state index is 12.2. The molecule has 0 unspecified atom stereocenters. The van der Waals surface area contributed by atoms with Gasteiger partial charge in [-0.25, -0.2) is 5.06 Å². The molecule has 2 amide bonds. The Labute approximate surface area is 129 Å². The molecule has 4 rings (SSSR count). The van der Waals surface area contributed by atoms with E-state index in [2.05, 4.69) is 5.32 Å². The van der Waals surface area contributed by atoms with Crippen LogP contribution in [0.1, 0.15) is 47.2 Å². The third-order valence-electron chi connectivity index (χ3n) is 5.24. The van der Waals surface area contributed by atoms with E-state index in [1.807, 2.05) is 12.1 Å². The largest absolute Gasteiger partial charge is 0.356 e. The van der Waals surface area contributed by atoms with Crippen LogP contribution in [0.2, 0.25) is 0 Å². The SMILES string of the molecule is O=C1C[C@@]2(CCc3cc(C(=O)N(O)C4CC4)ccc3C2)CN1. The fraction of sp³-hybridized carbons (Fsp3) is 0.529. The van der Waals surface area contributed by atoms with Crippen LogP contribution in [0.15, 0.2) is 18.2 Å². The molecule has 1 saturated heterocycles. The number of aryl methyl sites for hydroxylation is 1. The third-order valence-corrected chi connectivity index (χ3v) is 5.24. The molecule has 1 aromatic rings. The fourth-order valence-electron chi connectivity index (χ4n) is 3.73. The van der Waals surface area contributed by atoms with E-state index < -0.39 is 0 Å². The van der Waals surface area contributed by atoms with Crippen molar-refractivity contribution in [3.05, 3.63) is 34.9 Å². The summed E-state index contributed by atoms with van der Waals surface area (Å²) in [5, 5.41) is 13.7. The summed E-state index contributed by atoms with van der Waals surface area (Å²) in [5.41, 5.74) is 3.03. The summed E-state index contributed by atoms with van der Waals surface area (Å²) < 4.78 is 0. The molecule has 2 aliphatic carbocycles. The number of rotatable bonds is 2. The molecule has 2 fully saturated rings. The fourth-order valence-corrected chi connectivity index (χ4v) is 3.73. The van der Waals surface area contributed by atoms with E-state index in [-0.39, 0.29) is 23.3 Å². The average Bonchev–Trinajstić information content (AvgIpc) is 3.31. The second kappa shape index (κ2) is 4.81. The number of carbonyl (C=O) groups excluding carboxylic acids is 2. The van der Waals surface area contributed by atoms with E-state index in [9.17, 15) is 14.8 Å². The molecule has 0 aromatic heterocycles. The highest BCUT2D eigenvalue weighted by Crippen LogP contribution is 2.40. The van der Waals surface area contributed by atoms with Gasteiger partial charge >= 0.3 is 0 Å². The number of amides is 2. The molecule has 116 valence electrons. The molecule has 3 aliphatic rings. The molecule has 1 saturated carbocycles. The molecule has 22 heavy (non-hydrogen) atoms. The smallest absolute Gasteiger partial charge is 0.277 e. The summed E-state index contributed by atoms with van der Waals surface area (Å²) in [5.74, 6) is -0.154. The minimum atomic E-state index is -0.303. The minimum Gasteiger partial charge on any atom is -0.356 e. The second-order valence-electron chi connectivity index (χ2n) is 6.99. The highest BCUT2D eigenvalue weighted by Gasteiger charge is 2.41. The highest BCUT2D eigenvalue weighted by molar-refractivity contribution is 5.94. The van der Waals surface area contributed by atoms with Gasteiger partial charge in [-0.05, 0) is 55.4 Å². The number of nitrogens with zero attached hydrogens (tertiary/aromatic N) is 1. The monoisotopic (exact) mass is 300 g/mol. The molecule has 1 aliphatic heterocycles. The van der Waals surface area contributed by atoms with Gasteiger partial charge in [0.15, 0.2) is 0 Å². The number of nitrogens with one attached hydrogen (secondary N) is 1. The van der Waals surface area contributed by atoms with E-state index in [4.69, 9.17) is 0 Å². The zero-order chi connectivity index (χ0) is 15.3. The normalized spacial score (nSPS) is 26.7. The second-order valence-corrected chi connectivity index (χ2v) is 6.99. The van der Waals surface area contributed by atoms with Crippen LogP contribution in [0.3, 0.4) is 0 Å². The molecule has 5 heteroatoms. The lowest BCUT2D eigenvalue weighted by molar-refractivity contribution is -0.119. The van der Waals surface area contributed by atoms with Crippen LogP contribution < -0.4 is 5.32 Å². The van der Waals surface area contributed by atoms with E-state index in [0.29, 0.717) is 12.0 Å². The van der Waals surface area contributed by atoms with Crippen molar-refractivity contribution in [2.75, 3.05) is 6.54 Å². The Morgan fingerprint density at radius 3 is 2.77 bits per heavy atom. The number of hydrogen-bond acceptors (Lipinski definition) is 3. The van der Waals surface area contributed by atoms with E-state index >= 15 is 0 Å². The van der Waals surface area contributed by atoms with Crippen LogP contribution >= 0.6 is 0 Å². The molecular weight excluding hydrogens is 280 g/mol. The Kier molecular flexibility index (Phi) is 3.01. The standard InChI is InChI=1S/C17H20N2O3/c20-15-9-17(10-18-15)6-5-11-7-12(1-2-13(11)8-17)16(21)19(22)14-3-4-14/h1-2,7,14,22H,3-6,8-10H2,(H,18,20)/t17-/m0/s1. The first-order valence-electron chi connectivity index (χ1n) is 7.97. The van der Waals surface area contributed by atoms with Gasteiger partial charge in [0, 0.05) is 23.9 Å². The van der Waals surface area contributed by atoms with Gasteiger partial charge < -0.3 is 5.32 Å². The van der Waals surface area contributed by atoms with Crippen LogP contribution in [-0.4, -0.2) is 34.7 Å². The maximum atomic E-state index is 12.2. The summed E-state index contributed by atoms with van der Waals surface area (Å²) in [4.78, 5) is 23.8. The van der Waals surface area contributed by atoms with Crippen LogP contribution in [0.25, 0.3) is 0 Å². The predicted octanol–water partition coefficient (Wildman–Crippen LogP) is 1.68. The van der Waals surface area contributed by atoms with Crippen LogP contribution in [0.4, 0.5) is 0 Å². The van der Waals surface area contributed by atoms with E-state index in [1.165, 1.54) is 11.1 Å². The summed E-state index contributed by atoms with van der Waals surface area (Å²) in [7, 11) is 0. The lowest BCUT2D eigenvalue weighted by atomic mass is 9.71. The molecule has 0 radical (unpaired) electrons. The van der Waals surface area contributed by atoms with Gasteiger partial charge in [0.25, 0.3) is 5.91 Å². The topological polar surface area (TPSA) is 69.6 Å². The van der Waals surface area contributed by atoms with Gasteiger partial charge in [-0.1, -0.05) is 6.07 Å². The molecule has 2 N–H and O–H groups in total. The van der Waals surface area contributed by atoms with Crippen LogP contribution in [0.5, 0.6) is 0 Å². The van der Waals surface area contributed by atoms with Crippen molar-refractivity contribution >= 4 is 11.8 Å². The van der Waals surface area contributed by atoms with Crippen LogP contribution in [0, 0.1) is 5.41 Å². The van der Waals surface area contributed by atoms with Crippen molar-refractivity contribution in [2.45, 2.75) is 44.6 Å². The van der Waals surface area contributed by atoms with Crippen molar-refractivity contribution in [3.63, 3.8) is 0 Å². The van der Waals surface area contributed by atoms with Crippen molar-refractivity contribution in [3.8, 4) is 0 Å². The Balaban J connectivity index is 1.56. The van der Waals surface area contributed by atoms with Crippen molar-refractivity contribution < 1.29 is 14.8 Å². The van der Waals surface area contributed by atoms with Gasteiger partial charge in [0.1, 0.15) is 0 Å². The van der Waals surface area contributed by atoms with Gasteiger partial charge in [0.05, 0.1) is 6.04 Å². The van der Waals surface area contributed by atoms with Crippen molar-refractivity contribution in [1.82, 2.24) is 10.4 Å². The first-order chi connectivity index (χ1) is 10.6. The first-order valence-corrected chi connectivity index (χ1v) is 7.97. The first kappa shape index (κ1) is 13.8. The lowest BCUT2D eigenvalue weighted by Gasteiger charge is -2.33. The lowest BCUT2D eigenvalue weighted by Crippen LogP contribution is -2.32. The molecule has 1 heterocycles. The van der Waals surface area contributed by atoms with Crippen molar-refractivity contribution in [2.24, 2.45) is 5.41 Å². The van der Waals surface area contributed by atoms with E-state index in [1.54, 1.807) is 6.07 Å². The highest BCUT2D eigenvalue weighted by atomic mass is 16.5. The molecule has 1 aromatic carbocycles. The number of hydroxylamine groups is 2. The number of benzene rings is 1. The molecule has 1 spiro atoms. The zero-order valence-electron chi connectivity index (χ0n) is 12.5. The minimum absolute atomic E-state index is 0.00220. The molecule has 5 nitrogen and oxygen atoms in total. The predicted molar refractivity (Wildman–Crippen MR) is 79.5 cm³/mol. The molecule has 1 atom stereocenters. The van der Waals surface area contributed by atoms with Crippen LogP contribution in [-0.2, 0) is 17.6 Å². The van der Waals surface area contributed by atoms with Gasteiger partial charge in [-0.15, -0.1) is 0 Å². The zero-order valence-corrected chi connectivity index (χ0v) is 12.5. The quantitative estimate of drug-likeness (QED) is 0.645. The molecular formula is C17H20N2O3. The number of fused-ring (bicyclic) bond motifs is 1. The number of carbonyl (C=O) groups is 2. The molecule has 0 bridgehead atoms. The van der Waals surface area contributed by atoms with E-state index in [0.717, 1.165) is 43.7 Å². The maximum Gasteiger partial charge on any atom is 0.277 e. The Hall–Kier alpha value is -1.88. The van der Waals surface area contributed by atoms with Gasteiger partial charge in [0.2, 0.25) is 5.91 Å². The summed E-state index contributed by atoms with van der Waals surface area (Å²) in [6.07, 6.45) is 5.13. The van der Waals surface area contributed by atoms with Gasteiger partial charge in [-0.2, -0.15) is 0 Å². The summed E-state index contributed by atoms with van der Waals surface area (Å²) in [6.45, 7) is 0.762. The Bertz CT molecular complexity index is 653. The summed E-state index contributed by atoms with van der Waals surface area (Å²) >= 11 is 0. The Morgan fingerprint density at radius 2 is 2.09 bits per heavy atom. The summed E-state index contributed by atoms with van der Waals surface area (Å²) in [6, 6.07) is 5.71. The third kappa shape index (κ3) is 2.29. The number of hydrogen-bond donors (Lipinski definition) is 2.